The standard InChI is InChI=1S/C9H17NO4.ClH/c1-7(11)14-8(5-9(12)13)6-10(2,3)4;/h8H,5-6H2,1-4H3;1H/i1+1,7+1;. The lowest BCUT2D eigenvalue weighted by Gasteiger charge is -2.28. The molecule has 0 amide bonds. The molecule has 0 spiro atoms. The zero-order chi connectivity index (χ0) is 11.4. The molecule has 0 N–H and O–H groups in total. The van der Waals surface area contributed by atoms with Crippen LogP contribution in [0.25, 0.3) is 0 Å². The molecule has 0 bridgehead atoms. The summed E-state index contributed by atoms with van der Waals surface area (Å²) < 4.78 is 5.39. The third-order valence-corrected chi connectivity index (χ3v) is 1.48. The Hall–Kier alpha value is -0.810. The summed E-state index contributed by atoms with van der Waals surface area (Å²) in [5.74, 6) is -1.67. The highest BCUT2D eigenvalue weighted by Gasteiger charge is 2.20. The molecule has 15 heavy (non-hydrogen) atoms. The Labute approximate surface area is 96.0 Å². The van der Waals surface area contributed by atoms with Gasteiger partial charge >= 0.3 is 5.97 Å². The van der Waals surface area contributed by atoms with Crippen molar-refractivity contribution in [2.24, 2.45) is 0 Å². The van der Waals surface area contributed by atoms with E-state index in [0.717, 1.165) is 0 Å². The molecule has 6 heteroatoms. The van der Waals surface area contributed by atoms with Gasteiger partial charge in [-0.05, 0) is 0 Å². The third-order valence-electron chi connectivity index (χ3n) is 1.48. The van der Waals surface area contributed by atoms with Crippen LogP contribution in [0.3, 0.4) is 0 Å². The summed E-state index contributed by atoms with van der Waals surface area (Å²) in [5.41, 5.74) is 0. The normalized spacial score (nSPS) is 12.5. The van der Waals surface area contributed by atoms with Gasteiger partial charge in [-0.15, -0.1) is 12.4 Å². The minimum atomic E-state index is -1.20. The number of nitrogens with zero attached hydrogens (tertiary/aromatic N) is 1. The number of carbonyl (C=O) groups is 2. The van der Waals surface area contributed by atoms with E-state index in [1.165, 1.54) is 6.92 Å². The Kier molecular flexibility index (Phi) is 7.35. The summed E-state index contributed by atoms with van der Waals surface area (Å²) in [6.07, 6.45) is -0.868. The topological polar surface area (TPSA) is 66.4 Å². The molecular weight excluding hydrogens is 224 g/mol. The molecule has 0 aromatic rings. The largest absolute Gasteiger partial charge is 0.550 e. The maximum absolute atomic E-state index is 10.7. The summed E-state index contributed by atoms with van der Waals surface area (Å²) in [7, 11) is 5.68. The molecule has 0 aliphatic rings. The molecule has 0 fully saturated rings. The van der Waals surface area contributed by atoms with Gasteiger partial charge in [0.1, 0.15) is 6.54 Å². The van der Waals surface area contributed by atoms with Gasteiger partial charge in [0.05, 0.1) is 21.1 Å². The minimum Gasteiger partial charge on any atom is -0.550 e. The van der Waals surface area contributed by atoms with Crippen LogP contribution in [0.15, 0.2) is 0 Å². The van der Waals surface area contributed by atoms with Crippen LogP contribution in [0, 0.1) is 0 Å². The molecule has 1 unspecified atom stereocenters. The number of rotatable bonds is 5. The van der Waals surface area contributed by atoms with E-state index in [1.54, 1.807) is 0 Å². The molecular formula is C9H18ClNO4. The Morgan fingerprint density at radius 1 is 1.33 bits per heavy atom. The van der Waals surface area contributed by atoms with E-state index in [2.05, 4.69) is 0 Å². The number of carbonyl (C=O) groups excluding carboxylic acids is 2. The van der Waals surface area contributed by atoms with E-state index in [1.807, 2.05) is 21.1 Å². The van der Waals surface area contributed by atoms with Gasteiger partial charge in [0.25, 0.3) is 0 Å². The highest BCUT2D eigenvalue weighted by molar-refractivity contribution is 5.85. The van der Waals surface area contributed by atoms with Crippen LogP contribution in [0.2, 0.25) is 0 Å². The van der Waals surface area contributed by atoms with E-state index >= 15 is 0 Å². The Morgan fingerprint density at radius 2 is 1.80 bits per heavy atom. The average molecular weight is 242 g/mol. The first-order chi connectivity index (χ1) is 6.20. The minimum absolute atomic E-state index is 0. The number of hydrogen-bond donors (Lipinski definition) is 0. The molecule has 0 aromatic carbocycles. The number of carboxylic acid groups (broad SMARTS) is 1. The highest BCUT2D eigenvalue weighted by atomic mass is 35.5. The molecule has 5 nitrogen and oxygen atoms in total. The smallest absolute Gasteiger partial charge is 0.303 e. The summed E-state index contributed by atoms with van der Waals surface area (Å²) in [6, 6.07) is 0. The lowest BCUT2D eigenvalue weighted by atomic mass is 10.2. The van der Waals surface area contributed by atoms with E-state index in [-0.39, 0.29) is 18.8 Å². The highest BCUT2D eigenvalue weighted by Crippen LogP contribution is 2.04. The quantitative estimate of drug-likeness (QED) is 0.359. The lowest BCUT2D eigenvalue weighted by Crippen LogP contribution is -2.45. The van der Waals surface area contributed by atoms with Gasteiger partial charge in [-0.1, -0.05) is 0 Å². The first-order valence-corrected chi connectivity index (χ1v) is 4.38. The van der Waals surface area contributed by atoms with E-state index in [9.17, 15) is 14.7 Å². The van der Waals surface area contributed by atoms with E-state index in [0.29, 0.717) is 11.0 Å². The van der Waals surface area contributed by atoms with Crippen molar-refractivity contribution in [2.75, 3.05) is 27.7 Å². The van der Waals surface area contributed by atoms with Gasteiger partial charge in [0, 0.05) is 19.3 Å². The van der Waals surface area contributed by atoms with Gasteiger partial charge < -0.3 is 19.1 Å². The number of aliphatic carboxylic acids is 1. The average Bonchev–Trinajstić information content (AvgIpc) is 1.77. The predicted octanol–water partition coefficient (Wildman–Crippen LogP) is -0.814. The van der Waals surface area contributed by atoms with Crippen molar-refractivity contribution in [1.29, 1.82) is 0 Å². The fourth-order valence-corrected chi connectivity index (χ4v) is 1.17. The maximum atomic E-state index is 10.7. The van der Waals surface area contributed by atoms with Crippen LogP contribution in [-0.2, 0) is 14.3 Å². The van der Waals surface area contributed by atoms with Crippen molar-refractivity contribution in [1.82, 2.24) is 0 Å². The van der Waals surface area contributed by atoms with E-state index in [4.69, 9.17) is 4.74 Å². The van der Waals surface area contributed by atoms with Crippen molar-refractivity contribution >= 4 is 24.3 Å². The van der Waals surface area contributed by atoms with Gasteiger partial charge in [-0.2, -0.15) is 0 Å². The van der Waals surface area contributed by atoms with Crippen molar-refractivity contribution in [3.05, 3.63) is 0 Å². The van der Waals surface area contributed by atoms with E-state index < -0.39 is 18.0 Å². The molecule has 1 atom stereocenters. The summed E-state index contributed by atoms with van der Waals surface area (Å²) in [5, 5.41) is 10.4. The SMILES string of the molecule is C[N+](C)(C)CC(CC(=O)[O-])O[13C]([13CH3])=O.Cl. The molecule has 0 saturated carbocycles. The Balaban J connectivity index is 0. The zero-order valence-electron chi connectivity index (χ0n) is 9.48. The summed E-state index contributed by atoms with van der Waals surface area (Å²) in [6.45, 7) is 1.71. The monoisotopic (exact) mass is 241 g/mol. The molecule has 90 valence electrons. The first kappa shape index (κ1) is 16.6. The molecule has 0 saturated heterocycles. The van der Waals surface area contributed by atoms with Crippen LogP contribution < -0.4 is 5.11 Å². The third kappa shape index (κ3) is 11.1. The van der Waals surface area contributed by atoms with Gasteiger partial charge in [0.15, 0.2) is 6.10 Å². The zero-order valence-corrected chi connectivity index (χ0v) is 10.3. The fraction of sp³-hybridized carbons (Fsp3) is 0.778. The molecule has 0 aliphatic heterocycles. The van der Waals surface area contributed by atoms with Gasteiger partial charge in [0.2, 0.25) is 0 Å². The van der Waals surface area contributed by atoms with Crippen LogP contribution in [0.1, 0.15) is 13.3 Å². The van der Waals surface area contributed by atoms with Crippen LogP contribution in [-0.4, -0.2) is 50.2 Å². The second kappa shape index (κ2) is 6.63. The molecule has 0 radical (unpaired) electrons. The van der Waals surface area contributed by atoms with Crippen molar-refractivity contribution in [3.8, 4) is 0 Å². The van der Waals surface area contributed by atoms with Crippen LogP contribution in [0.4, 0.5) is 0 Å². The number of halogens is 1. The molecule has 0 aromatic heterocycles. The molecule has 0 heterocycles. The fourth-order valence-electron chi connectivity index (χ4n) is 1.17. The van der Waals surface area contributed by atoms with Crippen LogP contribution >= 0.6 is 12.4 Å². The number of quaternary nitrogens is 1. The Morgan fingerprint density at radius 3 is 2.07 bits per heavy atom. The number of esters is 1. The number of likely N-dealkylation sites (N-methyl/N-ethyl adjacent to an activating group) is 1. The second-order valence-corrected chi connectivity index (χ2v) is 4.28. The Bertz CT molecular complexity index is 209. The van der Waals surface area contributed by atoms with Gasteiger partial charge in [-0.25, -0.2) is 0 Å². The van der Waals surface area contributed by atoms with Gasteiger partial charge in [-0.3, -0.25) is 4.79 Å². The lowest BCUT2D eigenvalue weighted by molar-refractivity contribution is -0.873. The molecule has 0 rings (SSSR count). The number of hydrogen-bond acceptors (Lipinski definition) is 4. The van der Waals surface area contributed by atoms with Crippen LogP contribution in [0.5, 0.6) is 0 Å². The second-order valence-electron chi connectivity index (χ2n) is 4.28. The first-order valence-electron chi connectivity index (χ1n) is 4.38. The summed E-state index contributed by atoms with van der Waals surface area (Å²) >= 11 is 0. The predicted molar refractivity (Wildman–Crippen MR) is 55.3 cm³/mol. The number of ether oxygens (including phenoxy) is 1. The molecule has 0 aliphatic carbocycles. The van der Waals surface area contributed by atoms with Crippen molar-refractivity contribution < 1.29 is 23.9 Å². The summed E-state index contributed by atoms with van der Waals surface area (Å²) in [4.78, 5) is 21.0. The van der Waals surface area contributed by atoms with Crippen molar-refractivity contribution in [2.45, 2.75) is 19.4 Å². The number of carboxylic acids is 1. The van der Waals surface area contributed by atoms with Crippen molar-refractivity contribution in [3.63, 3.8) is 0 Å². The maximum Gasteiger partial charge on any atom is 0.303 e.